The van der Waals surface area contributed by atoms with E-state index in [2.05, 4.69) is 77.4 Å². The lowest BCUT2D eigenvalue weighted by molar-refractivity contribution is 0.0942. The highest BCUT2D eigenvalue weighted by Gasteiger charge is 2.26. The van der Waals surface area contributed by atoms with Crippen molar-refractivity contribution in [2.75, 3.05) is 0 Å². The van der Waals surface area contributed by atoms with Crippen molar-refractivity contribution in [1.29, 1.82) is 10.5 Å². The van der Waals surface area contributed by atoms with E-state index in [4.69, 9.17) is 0 Å². The lowest BCUT2D eigenvalue weighted by Gasteiger charge is -2.09. The number of carbonyl (C=O) groups excluding carboxylic acids is 2. The topological polar surface area (TPSA) is 91.6 Å². The van der Waals surface area contributed by atoms with Crippen LogP contribution in [0.25, 0.3) is 21.8 Å². The fourth-order valence-electron chi connectivity index (χ4n) is 7.25. The molecular formula is C50H38Br2N4O2. The van der Waals surface area contributed by atoms with Gasteiger partial charge in [0, 0.05) is 67.4 Å². The molecule has 0 saturated heterocycles. The van der Waals surface area contributed by atoms with Crippen LogP contribution in [0.3, 0.4) is 0 Å². The van der Waals surface area contributed by atoms with Gasteiger partial charge >= 0.3 is 0 Å². The largest absolute Gasteiger partial charge is 0.342 e. The number of benzene rings is 6. The van der Waals surface area contributed by atoms with Crippen LogP contribution in [0.1, 0.15) is 43.0 Å². The molecule has 58 heavy (non-hydrogen) atoms. The van der Waals surface area contributed by atoms with Crippen LogP contribution in [-0.2, 0) is 25.9 Å². The predicted octanol–water partition coefficient (Wildman–Crippen LogP) is 12.0. The zero-order valence-corrected chi connectivity index (χ0v) is 34.7. The molecule has 0 aliphatic carbocycles. The van der Waals surface area contributed by atoms with Crippen LogP contribution >= 0.6 is 31.9 Å². The number of aromatic nitrogens is 2. The van der Waals surface area contributed by atoms with Crippen LogP contribution in [0.2, 0.25) is 0 Å². The zero-order chi connectivity index (χ0) is 40.4. The third-order valence-corrected chi connectivity index (χ3v) is 11.8. The smallest absolute Gasteiger partial charge is 0.182 e. The Morgan fingerprint density at radius 3 is 1.21 bits per heavy atom. The number of Topliss-reactive ketones (excluding diaryl/α,β-unsaturated/α-hetero) is 2. The first kappa shape index (κ1) is 39.9. The zero-order valence-electron chi connectivity index (χ0n) is 31.5. The monoisotopic (exact) mass is 884 g/mol. The minimum Gasteiger partial charge on any atom is -0.342 e. The molecule has 0 fully saturated rings. The number of para-hydroxylation sites is 2. The summed E-state index contributed by atoms with van der Waals surface area (Å²) in [4.78, 5) is 26.6. The van der Waals surface area contributed by atoms with Crippen LogP contribution in [0.5, 0.6) is 0 Å². The predicted molar refractivity (Wildman–Crippen MR) is 238 cm³/mol. The second kappa shape index (κ2) is 18.7. The lowest BCUT2D eigenvalue weighted by Crippen LogP contribution is -2.16. The third kappa shape index (κ3) is 9.11. The second-order valence-corrected chi connectivity index (χ2v) is 15.7. The molecular weight excluding hydrogens is 848 g/mol. The molecule has 0 aliphatic heterocycles. The summed E-state index contributed by atoms with van der Waals surface area (Å²) in [5, 5.41) is 21.2. The summed E-state index contributed by atoms with van der Waals surface area (Å²) in [5.74, 6) is -1.73. The fourth-order valence-corrected chi connectivity index (χ4v) is 8.14. The molecule has 0 bridgehead atoms. The van der Waals surface area contributed by atoms with E-state index in [1.165, 1.54) is 0 Å². The summed E-state index contributed by atoms with van der Waals surface area (Å²) in [6, 6.07) is 55.9. The van der Waals surface area contributed by atoms with Gasteiger partial charge in [0.2, 0.25) is 0 Å². The number of hydrogen-bond acceptors (Lipinski definition) is 4. The molecule has 2 aromatic heterocycles. The Bertz CT molecular complexity index is 2600. The van der Waals surface area contributed by atoms with Gasteiger partial charge in [0.05, 0.1) is 12.1 Å². The van der Waals surface area contributed by atoms with E-state index in [0.717, 1.165) is 53.0 Å². The molecule has 2 atom stereocenters. The van der Waals surface area contributed by atoms with Crippen LogP contribution in [0.4, 0.5) is 0 Å². The van der Waals surface area contributed by atoms with Crippen molar-refractivity contribution >= 4 is 65.2 Å². The maximum atomic E-state index is 13.3. The maximum Gasteiger partial charge on any atom is 0.182 e. The van der Waals surface area contributed by atoms with Gasteiger partial charge in [0.25, 0.3) is 0 Å². The molecule has 0 saturated carbocycles. The van der Waals surface area contributed by atoms with Gasteiger partial charge in [0.1, 0.15) is 11.8 Å². The van der Waals surface area contributed by atoms with E-state index in [1.54, 1.807) is 0 Å². The average Bonchev–Trinajstić information content (AvgIpc) is 3.82. The van der Waals surface area contributed by atoms with Crippen LogP contribution < -0.4 is 0 Å². The first-order chi connectivity index (χ1) is 28.3. The maximum absolute atomic E-state index is 13.3. The summed E-state index contributed by atoms with van der Waals surface area (Å²) in [5.41, 5.74) is 7.45. The van der Waals surface area contributed by atoms with Gasteiger partial charge < -0.3 is 9.13 Å². The summed E-state index contributed by atoms with van der Waals surface area (Å²) < 4.78 is 6.01. The molecule has 0 amide bonds. The van der Waals surface area contributed by atoms with Gasteiger partial charge in [-0.3, -0.25) is 9.59 Å². The van der Waals surface area contributed by atoms with Crippen molar-refractivity contribution in [3.05, 3.63) is 212 Å². The number of carbonyl (C=O) groups is 2. The van der Waals surface area contributed by atoms with Gasteiger partial charge in [-0.1, -0.05) is 165 Å². The highest BCUT2D eigenvalue weighted by atomic mass is 79.9. The Morgan fingerprint density at radius 1 is 0.483 bits per heavy atom. The Kier molecular flexibility index (Phi) is 12.9. The molecule has 0 aliphatic rings. The molecule has 284 valence electrons. The summed E-state index contributed by atoms with van der Waals surface area (Å²) in [7, 11) is 0. The number of ketones is 2. The minimum absolute atomic E-state index is 0.133. The number of hydrogen-bond donors (Lipinski definition) is 0. The van der Waals surface area contributed by atoms with E-state index in [-0.39, 0.29) is 11.6 Å². The summed E-state index contributed by atoms with van der Waals surface area (Å²) in [6.45, 7) is 1.35. The molecule has 8 aromatic rings. The first-order valence-corrected chi connectivity index (χ1v) is 20.5. The van der Waals surface area contributed by atoms with Gasteiger partial charge in [-0.2, -0.15) is 10.5 Å². The first-order valence-electron chi connectivity index (χ1n) is 18.9. The average molecular weight is 887 g/mol. The van der Waals surface area contributed by atoms with E-state index in [9.17, 15) is 20.1 Å². The van der Waals surface area contributed by atoms with Crippen molar-refractivity contribution in [2.24, 2.45) is 11.8 Å². The van der Waals surface area contributed by atoms with Gasteiger partial charge in [0.15, 0.2) is 11.6 Å². The molecule has 6 nitrogen and oxygen atoms in total. The second-order valence-electron chi connectivity index (χ2n) is 14.0. The van der Waals surface area contributed by atoms with E-state index < -0.39 is 11.8 Å². The number of nitrogens with zero attached hydrogens (tertiary/aromatic N) is 4. The highest BCUT2D eigenvalue weighted by molar-refractivity contribution is 9.10. The molecule has 0 N–H and O–H groups in total. The molecule has 8 heteroatoms. The Morgan fingerprint density at radius 2 is 0.828 bits per heavy atom. The van der Waals surface area contributed by atoms with Gasteiger partial charge in [-0.05, 0) is 59.4 Å². The van der Waals surface area contributed by atoms with E-state index in [0.29, 0.717) is 37.1 Å². The normalized spacial score (nSPS) is 11.9. The number of fused-ring (bicyclic) bond motifs is 2. The molecule has 0 unspecified atom stereocenters. The van der Waals surface area contributed by atoms with Crippen molar-refractivity contribution in [2.45, 2.75) is 25.9 Å². The molecule has 6 aromatic carbocycles. The number of rotatable bonds is 12. The summed E-state index contributed by atoms with van der Waals surface area (Å²) in [6.07, 6.45) is 4.55. The quantitative estimate of drug-likeness (QED) is 0.114. The number of halogens is 2. The van der Waals surface area contributed by atoms with E-state index in [1.807, 2.05) is 146 Å². The lowest BCUT2D eigenvalue weighted by atomic mass is 9.92. The van der Waals surface area contributed by atoms with Gasteiger partial charge in [-0.25, -0.2) is 0 Å². The highest BCUT2D eigenvalue weighted by Crippen LogP contribution is 2.29. The Balaban J connectivity index is 0.000000177. The Hall–Kier alpha value is -6.32. The molecule has 0 spiro atoms. The standard InChI is InChI=1S/2C25H19BrN2O/c2*26-23-12-6-4-10-19(23)14-20(15-27)25(29)22-17-28(16-18-8-2-1-3-9-18)24-13-7-5-11-21(22)24/h2*1-13,17,20H,14,16H2/t2*20-/m10/s1. The Labute approximate surface area is 354 Å². The van der Waals surface area contributed by atoms with E-state index >= 15 is 0 Å². The van der Waals surface area contributed by atoms with Crippen LogP contribution in [0.15, 0.2) is 179 Å². The summed E-state index contributed by atoms with van der Waals surface area (Å²) >= 11 is 7.03. The van der Waals surface area contributed by atoms with Gasteiger partial charge in [-0.15, -0.1) is 0 Å². The van der Waals surface area contributed by atoms with Crippen molar-refractivity contribution in [3.63, 3.8) is 0 Å². The van der Waals surface area contributed by atoms with Crippen molar-refractivity contribution < 1.29 is 9.59 Å². The third-order valence-electron chi connectivity index (χ3n) is 10.2. The SMILES string of the molecule is N#C[C@@H](Cc1ccccc1Br)C(=O)c1cn(Cc2ccccc2)c2ccccc12.N#C[C@H](Cc1ccccc1Br)C(=O)c1cn(Cc2ccccc2)c2ccccc12. The van der Waals surface area contributed by atoms with Crippen LogP contribution in [0, 0.1) is 34.5 Å². The fraction of sp³-hybridized carbons (Fsp3) is 0.120. The molecule has 8 rings (SSSR count). The van der Waals surface area contributed by atoms with Crippen LogP contribution in [-0.4, -0.2) is 20.7 Å². The minimum atomic E-state index is -0.732. The molecule has 2 heterocycles. The van der Waals surface area contributed by atoms with Crippen molar-refractivity contribution in [3.8, 4) is 12.1 Å². The van der Waals surface area contributed by atoms with Crippen molar-refractivity contribution in [1.82, 2.24) is 9.13 Å². The number of nitriles is 2. The molecule has 0 radical (unpaired) electrons.